The summed E-state index contributed by atoms with van der Waals surface area (Å²) in [5.74, 6) is -0.856. The van der Waals surface area contributed by atoms with E-state index in [2.05, 4.69) is 36.2 Å². The van der Waals surface area contributed by atoms with Gasteiger partial charge in [-0.15, -0.1) is 0 Å². The maximum absolute atomic E-state index is 13.3. The first-order valence-electron chi connectivity index (χ1n) is 13.1. The number of carbonyl (C=O) groups is 3. The zero-order chi connectivity index (χ0) is 27.5. The lowest BCUT2D eigenvalue weighted by molar-refractivity contribution is -0.120. The van der Waals surface area contributed by atoms with Crippen LogP contribution in [0.15, 0.2) is 89.6 Å². The number of rotatable bonds is 7. The van der Waals surface area contributed by atoms with Gasteiger partial charge in [0.2, 0.25) is 0 Å². The van der Waals surface area contributed by atoms with E-state index >= 15 is 0 Å². The fourth-order valence-corrected chi connectivity index (χ4v) is 5.07. The third kappa shape index (κ3) is 5.75. The zero-order valence-corrected chi connectivity index (χ0v) is 22.8. The standard InChI is InChI=1S/C31H31ClN4O3/c1-21(2)23-11-13-26(14-12-23)36-30(38)27(32)28(31(36)39)33-25-10-6-9-24(19-25)29(37)35-17-15-34(16-18-35)20-22-7-4-3-5-8-22/h3-14,19,21,33H,15-18,20H2,1-2H3. The van der Waals surface area contributed by atoms with E-state index in [9.17, 15) is 14.4 Å². The average molecular weight is 543 g/mol. The molecule has 39 heavy (non-hydrogen) atoms. The van der Waals surface area contributed by atoms with Crippen molar-refractivity contribution in [3.05, 3.63) is 106 Å². The number of benzene rings is 3. The molecule has 1 fully saturated rings. The molecule has 3 aromatic rings. The molecular weight excluding hydrogens is 512 g/mol. The lowest BCUT2D eigenvalue weighted by atomic mass is 10.0. The number of imide groups is 1. The Kier molecular flexibility index (Phi) is 7.82. The van der Waals surface area contributed by atoms with E-state index in [1.807, 2.05) is 35.2 Å². The molecule has 0 aliphatic carbocycles. The van der Waals surface area contributed by atoms with Crippen molar-refractivity contribution in [1.82, 2.24) is 9.80 Å². The molecule has 0 aromatic heterocycles. The smallest absolute Gasteiger partial charge is 0.283 e. The monoisotopic (exact) mass is 542 g/mol. The van der Waals surface area contributed by atoms with Crippen molar-refractivity contribution in [2.45, 2.75) is 26.3 Å². The minimum atomic E-state index is -0.581. The van der Waals surface area contributed by atoms with Gasteiger partial charge in [0, 0.05) is 44.0 Å². The van der Waals surface area contributed by atoms with Crippen LogP contribution in [0.5, 0.6) is 0 Å². The summed E-state index contributed by atoms with van der Waals surface area (Å²) in [6.45, 7) is 7.88. The second kappa shape index (κ2) is 11.4. The highest BCUT2D eigenvalue weighted by atomic mass is 35.5. The molecule has 1 saturated heterocycles. The normalized spacial score (nSPS) is 16.4. The second-order valence-electron chi connectivity index (χ2n) is 10.1. The van der Waals surface area contributed by atoms with Gasteiger partial charge in [0.25, 0.3) is 17.7 Å². The van der Waals surface area contributed by atoms with Gasteiger partial charge in [0.15, 0.2) is 0 Å². The van der Waals surface area contributed by atoms with Crippen molar-refractivity contribution in [2.75, 3.05) is 36.4 Å². The predicted octanol–water partition coefficient (Wildman–Crippen LogP) is 5.20. The fourth-order valence-electron chi connectivity index (χ4n) is 4.86. The largest absolute Gasteiger partial charge is 0.350 e. The molecule has 0 unspecified atom stereocenters. The summed E-state index contributed by atoms with van der Waals surface area (Å²) in [5, 5.41) is 2.81. The summed E-state index contributed by atoms with van der Waals surface area (Å²) >= 11 is 6.32. The summed E-state index contributed by atoms with van der Waals surface area (Å²) < 4.78 is 0. The topological polar surface area (TPSA) is 73.0 Å². The minimum Gasteiger partial charge on any atom is -0.350 e. The predicted molar refractivity (Wildman–Crippen MR) is 154 cm³/mol. The summed E-state index contributed by atoms with van der Waals surface area (Å²) in [5.41, 5.74) is 3.83. The first-order valence-corrected chi connectivity index (χ1v) is 13.5. The lowest BCUT2D eigenvalue weighted by Crippen LogP contribution is -2.48. The van der Waals surface area contributed by atoms with Crippen molar-refractivity contribution in [3.63, 3.8) is 0 Å². The number of nitrogens with zero attached hydrogens (tertiary/aromatic N) is 3. The third-order valence-electron chi connectivity index (χ3n) is 7.13. The maximum Gasteiger partial charge on any atom is 0.283 e. The molecule has 0 bridgehead atoms. The first kappa shape index (κ1) is 26.7. The molecule has 0 spiro atoms. The van der Waals surface area contributed by atoms with E-state index in [1.54, 1.807) is 36.4 Å². The Hall–Kier alpha value is -3.94. The van der Waals surface area contributed by atoms with Crippen LogP contribution in [-0.2, 0) is 16.1 Å². The molecule has 2 aliphatic heterocycles. The summed E-state index contributed by atoms with van der Waals surface area (Å²) in [4.78, 5) is 44.6. The van der Waals surface area contributed by atoms with Crippen LogP contribution in [0, 0.1) is 0 Å². The van der Waals surface area contributed by atoms with Crippen LogP contribution in [0.2, 0.25) is 0 Å². The van der Waals surface area contributed by atoms with Gasteiger partial charge in [0.1, 0.15) is 10.7 Å². The Morgan fingerprint density at radius 1 is 0.872 bits per heavy atom. The van der Waals surface area contributed by atoms with Gasteiger partial charge in [0.05, 0.1) is 5.69 Å². The van der Waals surface area contributed by atoms with E-state index in [0.29, 0.717) is 35.9 Å². The van der Waals surface area contributed by atoms with Crippen molar-refractivity contribution >= 4 is 40.7 Å². The lowest BCUT2D eigenvalue weighted by Gasteiger charge is -2.34. The van der Waals surface area contributed by atoms with E-state index in [-0.39, 0.29) is 16.6 Å². The van der Waals surface area contributed by atoms with Gasteiger partial charge >= 0.3 is 0 Å². The van der Waals surface area contributed by atoms with Gasteiger partial charge in [-0.2, -0.15) is 0 Å². The van der Waals surface area contributed by atoms with Crippen molar-refractivity contribution in [3.8, 4) is 0 Å². The number of hydrogen-bond acceptors (Lipinski definition) is 5. The molecule has 2 heterocycles. The molecule has 200 valence electrons. The highest BCUT2D eigenvalue weighted by molar-refractivity contribution is 6.53. The molecule has 7 nitrogen and oxygen atoms in total. The van der Waals surface area contributed by atoms with Crippen LogP contribution >= 0.6 is 11.6 Å². The van der Waals surface area contributed by atoms with Crippen LogP contribution in [-0.4, -0.2) is 53.7 Å². The fraction of sp³-hybridized carbons (Fsp3) is 0.258. The number of carbonyl (C=O) groups excluding carboxylic acids is 3. The Labute approximate surface area is 233 Å². The summed E-state index contributed by atoms with van der Waals surface area (Å²) in [7, 11) is 0. The number of piperazine rings is 1. The number of amides is 3. The van der Waals surface area contributed by atoms with Crippen LogP contribution < -0.4 is 10.2 Å². The SMILES string of the molecule is CC(C)c1ccc(N2C(=O)C(Cl)=C(Nc3cccc(C(=O)N4CCN(Cc5ccccc5)CC4)c3)C2=O)cc1. The molecule has 5 rings (SSSR count). The Bertz CT molecular complexity index is 1410. The van der Waals surface area contributed by atoms with Gasteiger partial charge in [-0.3, -0.25) is 19.3 Å². The molecule has 0 atom stereocenters. The van der Waals surface area contributed by atoms with Crippen LogP contribution in [0.4, 0.5) is 11.4 Å². The highest BCUT2D eigenvalue weighted by Gasteiger charge is 2.39. The molecule has 1 N–H and O–H groups in total. The Morgan fingerprint density at radius 2 is 1.56 bits per heavy atom. The van der Waals surface area contributed by atoms with E-state index in [4.69, 9.17) is 11.6 Å². The molecule has 2 aliphatic rings. The average Bonchev–Trinajstić information content (AvgIpc) is 3.16. The van der Waals surface area contributed by atoms with Crippen molar-refractivity contribution < 1.29 is 14.4 Å². The molecule has 3 aromatic carbocycles. The molecule has 0 saturated carbocycles. The highest BCUT2D eigenvalue weighted by Crippen LogP contribution is 2.31. The van der Waals surface area contributed by atoms with Crippen LogP contribution in [0.25, 0.3) is 0 Å². The van der Waals surface area contributed by atoms with Gasteiger partial charge < -0.3 is 10.2 Å². The van der Waals surface area contributed by atoms with Crippen molar-refractivity contribution in [2.24, 2.45) is 0 Å². The Morgan fingerprint density at radius 3 is 2.23 bits per heavy atom. The first-order chi connectivity index (χ1) is 18.8. The number of halogens is 1. The molecule has 0 radical (unpaired) electrons. The third-order valence-corrected chi connectivity index (χ3v) is 7.48. The summed E-state index contributed by atoms with van der Waals surface area (Å²) in [6.07, 6.45) is 0. The maximum atomic E-state index is 13.3. The van der Waals surface area contributed by atoms with Gasteiger partial charge in [-0.05, 0) is 47.4 Å². The Balaban J connectivity index is 1.24. The molecule has 8 heteroatoms. The second-order valence-corrected chi connectivity index (χ2v) is 10.5. The molecular formula is C31H31ClN4O3. The van der Waals surface area contributed by atoms with Gasteiger partial charge in [-0.1, -0.05) is 74.0 Å². The minimum absolute atomic E-state index is 0.00581. The van der Waals surface area contributed by atoms with Crippen molar-refractivity contribution in [1.29, 1.82) is 0 Å². The number of anilines is 2. The van der Waals surface area contributed by atoms with Crippen LogP contribution in [0.3, 0.4) is 0 Å². The van der Waals surface area contributed by atoms with Crippen LogP contribution in [0.1, 0.15) is 41.3 Å². The van der Waals surface area contributed by atoms with Gasteiger partial charge in [-0.25, -0.2) is 4.90 Å². The quantitative estimate of drug-likeness (QED) is 0.415. The van der Waals surface area contributed by atoms with E-state index in [1.165, 1.54) is 5.56 Å². The van der Waals surface area contributed by atoms with E-state index in [0.717, 1.165) is 30.1 Å². The summed E-state index contributed by atoms with van der Waals surface area (Å²) in [6, 6.07) is 24.5. The molecule has 3 amide bonds. The number of hydrogen-bond donors (Lipinski definition) is 1. The van der Waals surface area contributed by atoms with E-state index < -0.39 is 11.8 Å². The number of nitrogens with one attached hydrogen (secondary N) is 1. The zero-order valence-electron chi connectivity index (χ0n) is 22.1.